The summed E-state index contributed by atoms with van der Waals surface area (Å²) in [5, 5.41) is 23.3. The minimum absolute atomic E-state index is 0.00835. The Hall–Kier alpha value is -1.95. The Labute approximate surface area is 118 Å². The average molecular weight is 280 g/mol. The monoisotopic (exact) mass is 280 g/mol. The highest BCUT2D eigenvalue weighted by atomic mass is 16.6. The SMILES string of the molecule is CC(C)(O)C(C)(C)NC(=O)Cc1ccc([N+](=O)[O-])cc1. The molecule has 6 nitrogen and oxygen atoms in total. The molecule has 0 aliphatic rings. The van der Waals surface area contributed by atoms with Gasteiger partial charge in [-0.2, -0.15) is 0 Å². The molecule has 1 amide bonds. The van der Waals surface area contributed by atoms with Crippen LogP contribution in [-0.4, -0.2) is 27.1 Å². The van der Waals surface area contributed by atoms with Crippen LogP contribution in [0.3, 0.4) is 0 Å². The molecular weight excluding hydrogens is 260 g/mol. The Bertz CT molecular complexity index is 501. The Morgan fingerprint density at radius 1 is 1.25 bits per heavy atom. The van der Waals surface area contributed by atoms with Crippen LogP contribution in [0.25, 0.3) is 0 Å². The standard InChI is InChI=1S/C14H20N2O4/c1-13(2,14(3,4)18)15-12(17)9-10-5-7-11(8-6-10)16(19)20/h5-8,18H,9H2,1-4H3,(H,15,17). The largest absolute Gasteiger partial charge is 0.388 e. The van der Waals surface area contributed by atoms with Crippen LogP contribution < -0.4 is 5.32 Å². The number of nitro groups is 1. The van der Waals surface area contributed by atoms with E-state index in [1.54, 1.807) is 39.8 Å². The first-order valence-electron chi connectivity index (χ1n) is 6.29. The van der Waals surface area contributed by atoms with E-state index in [4.69, 9.17) is 0 Å². The lowest BCUT2D eigenvalue weighted by Gasteiger charge is -2.38. The van der Waals surface area contributed by atoms with Crippen LogP contribution in [0.15, 0.2) is 24.3 Å². The van der Waals surface area contributed by atoms with Crippen LogP contribution in [0, 0.1) is 10.1 Å². The number of carbonyl (C=O) groups excluding carboxylic acids is 1. The van der Waals surface area contributed by atoms with Gasteiger partial charge >= 0.3 is 0 Å². The molecule has 0 aliphatic carbocycles. The maximum absolute atomic E-state index is 11.9. The van der Waals surface area contributed by atoms with Gasteiger partial charge in [-0.1, -0.05) is 12.1 Å². The van der Waals surface area contributed by atoms with Crippen LogP contribution in [0.2, 0.25) is 0 Å². The molecule has 0 fully saturated rings. The van der Waals surface area contributed by atoms with Gasteiger partial charge in [-0.15, -0.1) is 0 Å². The van der Waals surface area contributed by atoms with Gasteiger partial charge in [0.05, 0.1) is 22.5 Å². The molecule has 0 aliphatic heterocycles. The Morgan fingerprint density at radius 2 is 1.75 bits per heavy atom. The highest BCUT2D eigenvalue weighted by Gasteiger charge is 2.36. The van der Waals surface area contributed by atoms with E-state index in [2.05, 4.69) is 5.32 Å². The van der Waals surface area contributed by atoms with Crippen LogP contribution in [0.4, 0.5) is 5.69 Å². The van der Waals surface area contributed by atoms with Crippen molar-refractivity contribution in [1.29, 1.82) is 0 Å². The highest BCUT2D eigenvalue weighted by molar-refractivity contribution is 5.79. The summed E-state index contributed by atoms with van der Waals surface area (Å²) >= 11 is 0. The van der Waals surface area contributed by atoms with Gasteiger partial charge in [-0.05, 0) is 33.3 Å². The molecule has 0 unspecified atom stereocenters. The third kappa shape index (κ3) is 4.03. The van der Waals surface area contributed by atoms with E-state index in [0.29, 0.717) is 5.56 Å². The number of nitro benzene ring substituents is 1. The molecule has 0 saturated carbocycles. The van der Waals surface area contributed by atoms with E-state index in [-0.39, 0.29) is 18.0 Å². The van der Waals surface area contributed by atoms with Crippen LogP contribution >= 0.6 is 0 Å². The van der Waals surface area contributed by atoms with Crippen molar-refractivity contribution in [2.24, 2.45) is 0 Å². The molecular formula is C14H20N2O4. The molecule has 0 spiro atoms. The summed E-state index contributed by atoms with van der Waals surface area (Å²) < 4.78 is 0. The first-order valence-corrected chi connectivity index (χ1v) is 6.29. The molecule has 20 heavy (non-hydrogen) atoms. The third-order valence-electron chi connectivity index (χ3n) is 3.49. The lowest BCUT2D eigenvalue weighted by Crippen LogP contribution is -2.58. The number of hydrogen-bond donors (Lipinski definition) is 2. The number of rotatable bonds is 5. The fourth-order valence-electron chi connectivity index (χ4n) is 1.47. The lowest BCUT2D eigenvalue weighted by atomic mass is 9.86. The van der Waals surface area contributed by atoms with E-state index in [9.17, 15) is 20.0 Å². The molecule has 1 aromatic rings. The topological polar surface area (TPSA) is 92.5 Å². The number of amides is 1. The van der Waals surface area contributed by atoms with Crippen molar-refractivity contribution in [3.63, 3.8) is 0 Å². The summed E-state index contributed by atoms with van der Waals surface area (Å²) in [6.07, 6.45) is 0.109. The maximum atomic E-state index is 11.9. The molecule has 0 radical (unpaired) electrons. The van der Waals surface area contributed by atoms with E-state index in [1.807, 2.05) is 0 Å². The molecule has 6 heteroatoms. The van der Waals surface area contributed by atoms with Crippen molar-refractivity contribution in [1.82, 2.24) is 5.32 Å². The Kier molecular flexibility index (Phi) is 4.50. The minimum Gasteiger partial charge on any atom is -0.388 e. The lowest BCUT2D eigenvalue weighted by molar-refractivity contribution is -0.384. The second-order valence-corrected chi connectivity index (χ2v) is 5.83. The third-order valence-corrected chi connectivity index (χ3v) is 3.49. The zero-order valence-corrected chi connectivity index (χ0v) is 12.1. The summed E-state index contributed by atoms with van der Waals surface area (Å²) in [4.78, 5) is 22.0. The van der Waals surface area contributed by atoms with Crippen LogP contribution in [0.5, 0.6) is 0 Å². The summed E-state index contributed by atoms with van der Waals surface area (Å²) in [6.45, 7) is 6.72. The predicted octanol–water partition coefficient (Wildman–Crippen LogP) is 1.80. The van der Waals surface area contributed by atoms with Crippen molar-refractivity contribution >= 4 is 11.6 Å². The van der Waals surface area contributed by atoms with Gasteiger partial charge in [-0.3, -0.25) is 14.9 Å². The molecule has 2 N–H and O–H groups in total. The van der Waals surface area contributed by atoms with Gasteiger partial charge < -0.3 is 10.4 Å². The van der Waals surface area contributed by atoms with Gasteiger partial charge in [0.15, 0.2) is 0 Å². The number of non-ortho nitro benzene ring substituents is 1. The average Bonchev–Trinajstić information content (AvgIpc) is 2.27. The van der Waals surface area contributed by atoms with Gasteiger partial charge in [-0.25, -0.2) is 0 Å². The van der Waals surface area contributed by atoms with Crippen molar-refractivity contribution in [2.45, 2.75) is 45.3 Å². The summed E-state index contributed by atoms with van der Waals surface area (Å²) in [5.74, 6) is -0.244. The Morgan fingerprint density at radius 3 is 2.15 bits per heavy atom. The minimum atomic E-state index is -1.06. The van der Waals surface area contributed by atoms with Crippen molar-refractivity contribution in [2.75, 3.05) is 0 Å². The summed E-state index contributed by atoms with van der Waals surface area (Å²) in [6, 6.07) is 5.83. The van der Waals surface area contributed by atoms with Crippen molar-refractivity contribution in [3.8, 4) is 0 Å². The van der Waals surface area contributed by atoms with Crippen LogP contribution in [-0.2, 0) is 11.2 Å². The number of nitrogens with one attached hydrogen (secondary N) is 1. The van der Waals surface area contributed by atoms with E-state index in [0.717, 1.165) is 0 Å². The molecule has 1 rings (SSSR count). The number of carbonyl (C=O) groups is 1. The van der Waals surface area contributed by atoms with E-state index in [1.165, 1.54) is 12.1 Å². The van der Waals surface area contributed by atoms with Crippen molar-refractivity contribution < 1.29 is 14.8 Å². The zero-order chi connectivity index (χ0) is 15.6. The zero-order valence-electron chi connectivity index (χ0n) is 12.1. The van der Waals surface area contributed by atoms with E-state index >= 15 is 0 Å². The van der Waals surface area contributed by atoms with Gasteiger partial charge in [0.1, 0.15) is 0 Å². The van der Waals surface area contributed by atoms with Crippen LogP contribution in [0.1, 0.15) is 33.3 Å². The number of aliphatic hydroxyl groups is 1. The van der Waals surface area contributed by atoms with E-state index < -0.39 is 16.1 Å². The molecule has 0 saturated heterocycles. The number of benzene rings is 1. The molecule has 0 bridgehead atoms. The first kappa shape index (κ1) is 16.1. The smallest absolute Gasteiger partial charge is 0.269 e. The number of hydrogen-bond acceptors (Lipinski definition) is 4. The second-order valence-electron chi connectivity index (χ2n) is 5.83. The first-order chi connectivity index (χ1) is 9.03. The number of nitrogens with zero attached hydrogens (tertiary/aromatic N) is 1. The summed E-state index contributed by atoms with van der Waals surface area (Å²) in [7, 11) is 0. The van der Waals surface area contributed by atoms with Gasteiger partial charge in [0, 0.05) is 12.1 Å². The molecule has 110 valence electrons. The molecule has 1 aromatic carbocycles. The molecule has 0 aromatic heterocycles. The molecule has 0 heterocycles. The quantitative estimate of drug-likeness (QED) is 0.635. The fraction of sp³-hybridized carbons (Fsp3) is 0.500. The molecule has 0 atom stereocenters. The summed E-state index contributed by atoms with van der Waals surface area (Å²) in [5.41, 5.74) is -1.16. The maximum Gasteiger partial charge on any atom is 0.269 e. The highest BCUT2D eigenvalue weighted by Crippen LogP contribution is 2.20. The Balaban J connectivity index is 2.70. The predicted molar refractivity (Wildman–Crippen MR) is 75.3 cm³/mol. The van der Waals surface area contributed by atoms with Crippen molar-refractivity contribution in [3.05, 3.63) is 39.9 Å². The normalized spacial score (nSPS) is 12.1. The van der Waals surface area contributed by atoms with Gasteiger partial charge in [0.2, 0.25) is 5.91 Å². The van der Waals surface area contributed by atoms with Gasteiger partial charge in [0.25, 0.3) is 5.69 Å². The fourth-order valence-corrected chi connectivity index (χ4v) is 1.47. The second kappa shape index (κ2) is 5.58.